The second-order valence-electron chi connectivity index (χ2n) is 5.72. The van der Waals surface area contributed by atoms with Gasteiger partial charge in [0.05, 0.1) is 12.2 Å². The van der Waals surface area contributed by atoms with Gasteiger partial charge in [-0.3, -0.25) is 4.79 Å². The molecule has 0 atom stereocenters. The van der Waals surface area contributed by atoms with Crippen molar-refractivity contribution in [2.75, 3.05) is 20.3 Å². The van der Waals surface area contributed by atoms with Crippen LogP contribution in [0.5, 0.6) is 5.88 Å². The minimum atomic E-state index is -0.0788. The standard InChI is InChI=1S/C16H23ClN2O3/c1-3-22-15-14(17)8-12(9-18-15)16(21)19(2)13-6-4-11(10-20)5-7-13/h8-9,11,13,20H,3-7,10H2,1-2H3. The topological polar surface area (TPSA) is 62.7 Å². The molecule has 1 aromatic heterocycles. The smallest absolute Gasteiger partial charge is 0.255 e. The van der Waals surface area contributed by atoms with E-state index in [4.69, 9.17) is 16.3 Å². The number of carbonyl (C=O) groups is 1. The van der Waals surface area contributed by atoms with Crippen molar-refractivity contribution in [3.8, 4) is 5.88 Å². The molecule has 0 unspecified atom stereocenters. The average molecular weight is 327 g/mol. The molecule has 0 radical (unpaired) electrons. The van der Waals surface area contributed by atoms with E-state index < -0.39 is 0 Å². The van der Waals surface area contributed by atoms with Crippen LogP contribution in [0.25, 0.3) is 0 Å². The van der Waals surface area contributed by atoms with Gasteiger partial charge in [0, 0.05) is 25.9 Å². The van der Waals surface area contributed by atoms with Crippen molar-refractivity contribution >= 4 is 17.5 Å². The van der Waals surface area contributed by atoms with Gasteiger partial charge in [0.25, 0.3) is 5.91 Å². The number of halogens is 1. The second-order valence-corrected chi connectivity index (χ2v) is 6.12. The van der Waals surface area contributed by atoms with Crippen LogP contribution in [0.1, 0.15) is 43.0 Å². The van der Waals surface area contributed by atoms with Crippen LogP contribution in [0.2, 0.25) is 5.02 Å². The van der Waals surface area contributed by atoms with E-state index in [0.717, 1.165) is 25.7 Å². The Morgan fingerprint density at radius 1 is 1.45 bits per heavy atom. The van der Waals surface area contributed by atoms with Gasteiger partial charge < -0.3 is 14.7 Å². The summed E-state index contributed by atoms with van der Waals surface area (Å²) in [5, 5.41) is 9.54. The predicted molar refractivity (Wildman–Crippen MR) is 85.3 cm³/mol. The predicted octanol–water partition coefficient (Wildman–Crippen LogP) is 2.76. The van der Waals surface area contributed by atoms with Crippen molar-refractivity contribution in [1.29, 1.82) is 0 Å². The molecule has 1 aromatic rings. The molecule has 6 heteroatoms. The van der Waals surface area contributed by atoms with Gasteiger partial charge in [-0.05, 0) is 44.6 Å². The zero-order valence-corrected chi connectivity index (χ0v) is 13.8. The van der Waals surface area contributed by atoms with Crippen molar-refractivity contribution in [3.05, 3.63) is 22.8 Å². The van der Waals surface area contributed by atoms with Gasteiger partial charge >= 0.3 is 0 Å². The number of amides is 1. The van der Waals surface area contributed by atoms with Gasteiger partial charge in [-0.15, -0.1) is 0 Å². The summed E-state index contributed by atoms with van der Waals surface area (Å²) >= 11 is 6.09. The number of hydrogen-bond acceptors (Lipinski definition) is 4. The lowest BCUT2D eigenvalue weighted by Gasteiger charge is -2.34. The fourth-order valence-electron chi connectivity index (χ4n) is 2.87. The van der Waals surface area contributed by atoms with E-state index in [9.17, 15) is 9.90 Å². The molecule has 5 nitrogen and oxygen atoms in total. The molecule has 0 aliphatic heterocycles. The molecule has 1 fully saturated rings. The Balaban J connectivity index is 2.03. The SMILES string of the molecule is CCOc1ncc(C(=O)N(C)C2CCC(CO)CC2)cc1Cl. The van der Waals surface area contributed by atoms with Crippen LogP contribution in [-0.2, 0) is 0 Å². The van der Waals surface area contributed by atoms with Crippen LogP contribution in [0.3, 0.4) is 0 Å². The third-order valence-corrected chi connectivity index (χ3v) is 4.55. The van der Waals surface area contributed by atoms with Crippen LogP contribution in [0.15, 0.2) is 12.3 Å². The molecule has 1 aliphatic rings. The third kappa shape index (κ3) is 3.90. The number of aliphatic hydroxyl groups is 1. The molecular weight excluding hydrogens is 304 g/mol. The molecule has 22 heavy (non-hydrogen) atoms. The van der Waals surface area contributed by atoms with Crippen LogP contribution in [-0.4, -0.2) is 47.2 Å². The molecule has 0 aromatic carbocycles. The number of aromatic nitrogens is 1. The molecule has 1 aliphatic carbocycles. The number of rotatable bonds is 5. The summed E-state index contributed by atoms with van der Waals surface area (Å²) in [4.78, 5) is 18.4. The Morgan fingerprint density at radius 2 is 2.14 bits per heavy atom. The molecule has 122 valence electrons. The minimum absolute atomic E-state index is 0.0788. The first-order valence-corrected chi connectivity index (χ1v) is 8.11. The Hall–Kier alpha value is -1.33. The van der Waals surface area contributed by atoms with E-state index in [2.05, 4.69) is 4.98 Å². The lowest BCUT2D eigenvalue weighted by molar-refractivity contribution is 0.0652. The first-order valence-electron chi connectivity index (χ1n) is 7.73. The van der Waals surface area contributed by atoms with Gasteiger partial charge in [0.2, 0.25) is 5.88 Å². The normalized spacial score (nSPS) is 21.5. The number of pyridine rings is 1. The van der Waals surface area contributed by atoms with Gasteiger partial charge in [-0.2, -0.15) is 0 Å². The monoisotopic (exact) mass is 326 g/mol. The summed E-state index contributed by atoms with van der Waals surface area (Å²) in [6.45, 7) is 2.57. The van der Waals surface area contributed by atoms with Crippen LogP contribution in [0.4, 0.5) is 0 Å². The summed E-state index contributed by atoms with van der Waals surface area (Å²) in [5.41, 5.74) is 0.472. The maximum Gasteiger partial charge on any atom is 0.255 e. The van der Waals surface area contributed by atoms with Crippen LogP contribution in [0, 0.1) is 5.92 Å². The molecule has 1 N–H and O–H groups in total. The minimum Gasteiger partial charge on any atom is -0.477 e. The maximum absolute atomic E-state index is 12.6. The third-order valence-electron chi connectivity index (χ3n) is 4.28. The second kappa shape index (κ2) is 7.79. The molecule has 0 saturated heterocycles. The Kier molecular flexibility index (Phi) is 6.03. The van der Waals surface area contributed by atoms with Gasteiger partial charge in [0.15, 0.2) is 0 Å². The van der Waals surface area contributed by atoms with Gasteiger partial charge in [-0.25, -0.2) is 4.98 Å². The number of nitrogens with zero attached hydrogens (tertiary/aromatic N) is 2. The van der Waals surface area contributed by atoms with Crippen molar-refractivity contribution < 1.29 is 14.6 Å². The van der Waals surface area contributed by atoms with Crippen molar-refractivity contribution in [3.63, 3.8) is 0 Å². The quantitative estimate of drug-likeness (QED) is 0.903. The zero-order chi connectivity index (χ0) is 16.1. The fraction of sp³-hybridized carbons (Fsp3) is 0.625. The number of carbonyl (C=O) groups excluding carboxylic acids is 1. The first-order chi connectivity index (χ1) is 10.6. The number of hydrogen-bond donors (Lipinski definition) is 1. The van der Waals surface area contributed by atoms with Gasteiger partial charge in [0.1, 0.15) is 5.02 Å². The number of aliphatic hydroxyl groups excluding tert-OH is 1. The molecule has 1 heterocycles. The van der Waals surface area contributed by atoms with Crippen molar-refractivity contribution in [2.45, 2.75) is 38.6 Å². The van der Waals surface area contributed by atoms with Crippen molar-refractivity contribution in [1.82, 2.24) is 9.88 Å². The van der Waals surface area contributed by atoms with Crippen LogP contribution < -0.4 is 4.74 Å². The lowest BCUT2D eigenvalue weighted by atomic mass is 9.86. The van der Waals surface area contributed by atoms with E-state index in [1.165, 1.54) is 6.20 Å². The summed E-state index contributed by atoms with van der Waals surface area (Å²) in [6.07, 6.45) is 5.27. The molecule has 1 saturated carbocycles. The lowest BCUT2D eigenvalue weighted by Crippen LogP contribution is -2.39. The average Bonchev–Trinajstić information content (AvgIpc) is 2.55. The highest BCUT2D eigenvalue weighted by molar-refractivity contribution is 6.32. The summed E-state index contributed by atoms with van der Waals surface area (Å²) in [7, 11) is 1.82. The van der Waals surface area contributed by atoms with E-state index in [1.807, 2.05) is 14.0 Å². The molecular formula is C16H23ClN2O3. The fourth-order valence-corrected chi connectivity index (χ4v) is 3.09. The van der Waals surface area contributed by atoms with E-state index in [0.29, 0.717) is 29.0 Å². The van der Waals surface area contributed by atoms with E-state index in [1.54, 1.807) is 11.0 Å². The molecule has 0 spiro atoms. The number of ether oxygens (including phenoxy) is 1. The van der Waals surface area contributed by atoms with Crippen molar-refractivity contribution in [2.24, 2.45) is 5.92 Å². The van der Waals surface area contributed by atoms with Crippen LogP contribution >= 0.6 is 11.6 Å². The Labute approximate surface area is 136 Å². The molecule has 0 bridgehead atoms. The zero-order valence-electron chi connectivity index (χ0n) is 13.1. The molecule has 1 amide bonds. The highest BCUT2D eigenvalue weighted by atomic mass is 35.5. The highest BCUT2D eigenvalue weighted by Crippen LogP contribution is 2.28. The highest BCUT2D eigenvalue weighted by Gasteiger charge is 2.27. The Morgan fingerprint density at radius 3 is 2.68 bits per heavy atom. The first kappa shape index (κ1) is 17.0. The summed E-state index contributed by atoms with van der Waals surface area (Å²) < 4.78 is 5.28. The van der Waals surface area contributed by atoms with Gasteiger partial charge in [-0.1, -0.05) is 11.6 Å². The largest absolute Gasteiger partial charge is 0.477 e. The maximum atomic E-state index is 12.6. The molecule has 2 rings (SSSR count). The summed E-state index contributed by atoms with van der Waals surface area (Å²) in [5.74, 6) is 0.651. The Bertz CT molecular complexity index is 516. The van der Waals surface area contributed by atoms with E-state index in [-0.39, 0.29) is 18.6 Å². The van der Waals surface area contributed by atoms with E-state index >= 15 is 0 Å². The summed E-state index contributed by atoms with van der Waals surface area (Å²) in [6, 6.07) is 1.82.